The van der Waals surface area contributed by atoms with Crippen LogP contribution in [-0.4, -0.2) is 25.5 Å². The van der Waals surface area contributed by atoms with Gasteiger partial charge in [0.25, 0.3) is 0 Å². The lowest BCUT2D eigenvalue weighted by Crippen LogP contribution is -2.48. The molecule has 28 heavy (non-hydrogen) atoms. The molecule has 4 saturated carbocycles. The number of methoxy groups -OCH3 is 1. The van der Waals surface area contributed by atoms with Gasteiger partial charge in [0.2, 0.25) is 5.91 Å². The zero-order valence-corrected chi connectivity index (χ0v) is 17.0. The number of hydrogen-bond acceptors (Lipinski definition) is 4. The second kappa shape index (κ2) is 7.76. The van der Waals surface area contributed by atoms with E-state index in [0.29, 0.717) is 12.2 Å². The minimum absolute atomic E-state index is 0.00737. The predicted octanol–water partition coefficient (Wildman–Crippen LogP) is 3.77. The highest BCUT2D eigenvalue weighted by atomic mass is 16.5. The molecule has 152 valence electrons. The van der Waals surface area contributed by atoms with Gasteiger partial charge in [0.05, 0.1) is 7.11 Å². The van der Waals surface area contributed by atoms with Gasteiger partial charge < -0.3 is 14.8 Å². The Morgan fingerprint density at radius 3 is 2.36 bits per heavy atom. The highest BCUT2D eigenvalue weighted by Gasteiger charge is 2.51. The molecule has 5 rings (SSSR count). The first-order valence-corrected chi connectivity index (χ1v) is 10.5. The second-order valence-corrected chi connectivity index (χ2v) is 9.35. The largest absolute Gasteiger partial charge is 0.496 e. The van der Waals surface area contributed by atoms with Gasteiger partial charge in [-0.3, -0.25) is 9.59 Å². The van der Waals surface area contributed by atoms with Crippen molar-refractivity contribution in [1.29, 1.82) is 0 Å². The maximum Gasteiger partial charge on any atom is 0.325 e. The molecule has 1 aromatic carbocycles. The van der Waals surface area contributed by atoms with Crippen LogP contribution in [0.3, 0.4) is 0 Å². The molecular weight excluding hydrogens is 354 g/mol. The van der Waals surface area contributed by atoms with Gasteiger partial charge in [-0.1, -0.05) is 11.6 Å². The number of ether oxygens (including phenoxy) is 2. The van der Waals surface area contributed by atoms with Crippen molar-refractivity contribution in [3.63, 3.8) is 0 Å². The second-order valence-electron chi connectivity index (χ2n) is 9.35. The van der Waals surface area contributed by atoms with Crippen LogP contribution >= 0.6 is 0 Å². The van der Waals surface area contributed by atoms with Gasteiger partial charge in [-0.05, 0) is 80.8 Å². The SMILES string of the molecule is COc1ccc(C)cc1COC(=O)CNC(=O)CC12CC3CC(CC(C3)C1)C2. The molecule has 4 bridgehead atoms. The van der Waals surface area contributed by atoms with Gasteiger partial charge in [0, 0.05) is 12.0 Å². The van der Waals surface area contributed by atoms with E-state index in [-0.39, 0.29) is 24.5 Å². The zero-order chi connectivity index (χ0) is 19.7. The highest BCUT2D eigenvalue weighted by Crippen LogP contribution is 2.61. The summed E-state index contributed by atoms with van der Waals surface area (Å²) in [6.45, 7) is 2.06. The Morgan fingerprint density at radius 2 is 1.75 bits per heavy atom. The van der Waals surface area contributed by atoms with Gasteiger partial charge in [0.15, 0.2) is 0 Å². The number of benzene rings is 1. The van der Waals surface area contributed by atoms with E-state index in [4.69, 9.17) is 9.47 Å². The number of carbonyl (C=O) groups excluding carboxylic acids is 2. The van der Waals surface area contributed by atoms with Crippen LogP contribution < -0.4 is 10.1 Å². The van der Waals surface area contributed by atoms with Crippen LogP contribution in [0.15, 0.2) is 18.2 Å². The van der Waals surface area contributed by atoms with E-state index in [1.54, 1.807) is 7.11 Å². The quantitative estimate of drug-likeness (QED) is 0.726. The molecule has 0 aromatic heterocycles. The van der Waals surface area contributed by atoms with Crippen molar-refractivity contribution >= 4 is 11.9 Å². The molecule has 1 N–H and O–H groups in total. The Balaban J connectivity index is 1.24. The molecule has 0 spiro atoms. The maximum absolute atomic E-state index is 12.5. The van der Waals surface area contributed by atoms with Crippen molar-refractivity contribution in [2.24, 2.45) is 23.2 Å². The Hall–Kier alpha value is -2.04. The van der Waals surface area contributed by atoms with Gasteiger partial charge >= 0.3 is 5.97 Å². The normalized spacial score (nSPS) is 30.1. The Labute approximate surface area is 167 Å². The summed E-state index contributed by atoms with van der Waals surface area (Å²) in [6.07, 6.45) is 8.27. The molecular formula is C23H31NO4. The number of esters is 1. The fraction of sp³-hybridized carbons (Fsp3) is 0.652. The van der Waals surface area contributed by atoms with E-state index in [0.717, 1.165) is 28.9 Å². The first-order valence-electron chi connectivity index (χ1n) is 10.5. The molecule has 0 saturated heterocycles. The molecule has 1 aromatic rings. The number of nitrogens with one attached hydrogen (secondary N) is 1. The predicted molar refractivity (Wildman–Crippen MR) is 106 cm³/mol. The van der Waals surface area contributed by atoms with E-state index >= 15 is 0 Å². The first-order chi connectivity index (χ1) is 13.4. The van der Waals surface area contributed by atoms with Gasteiger partial charge in [-0.15, -0.1) is 0 Å². The first kappa shape index (κ1) is 19.3. The minimum atomic E-state index is -0.414. The van der Waals surface area contributed by atoms with Crippen LogP contribution in [0.2, 0.25) is 0 Å². The molecule has 4 fully saturated rings. The fourth-order valence-electron chi connectivity index (χ4n) is 6.31. The van der Waals surface area contributed by atoms with Crippen molar-refractivity contribution in [2.45, 2.75) is 58.5 Å². The van der Waals surface area contributed by atoms with Crippen LogP contribution in [0.1, 0.15) is 56.1 Å². The summed E-state index contributed by atoms with van der Waals surface area (Å²) in [5, 5.41) is 2.79. The molecule has 5 heteroatoms. The molecule has 4 aliphatic rings. The number of amides is 1. The van der Waals surface area contributed by atoms with Crippen molar-refractivity contribution < 1.29 is 19.1 Å². The topological polar surface area (TPSA) is 64.6 Å². The number of aryl methyl sites for hydroxylation is 1. The molecule has 0 atom stereocenters. The lowest BCUT2D eigenvalue weighted by molar-refractivity contribution is -0.146. The minimum Gasteiger partial charge on any atom is -0.496 e. The lowest BCUT2D eigenvalue weighted by Gasteiger charge is -2.56. The fourth-order valence-corrected chi connectivity index (χ4v) is 6.31. The average Bonchev–Trinajstić information content (AvgIpc) is 2.63. The molecule has 1 amide bonds. The summed E-state index contributed by atoms with van der Waals surface area (Å²) in [5.41, 5.74) is 2.10. The Morgan fingerprint density at radius 1 is 1.11 bits per heavy atom. The summed E-state index contributed by atoms with van der Waals surface area (Å²) >= 11 is 0. The van der Waals surface area contributed by atoms with Crippen LogP contribution in [0.25, 0.3) is 0 Å². The zero-order valence-electron chi connectivity index (χ0n) is 17.0. The number of rotatable bonds is 7. The Kier molecular flexibility index (Phi) is 5.35. The van der Waals surface area contributed by atoms with Crippen molar-refractivity contribution in [2.75, 3.05) is 13.7 Å². The van der Waals surface area contributed by atoms with E-state index in [1.165, 1.54) is 38.5 Å². The molecule has 0 radical (unpaired) electrons. The molecule has 0 unspecified atom stereocenters. The molecule has 0 heterocycles. The molecule has 0 aliphatic heterocycles. The molecule has 4 aliphatic carbocycles. The maximum atomic E-state index is 12.5. The number of carbonyl (C=O) groups is 2. The average molecular weight is 386 g/mol. The highest BCUT2D eigenvalue weighted by molar-refractivity contribution is 5.82. The summed E-state index contributed by atoms with van der Waals surface area (Å²) in [7, 11) is 1.60. The third-order valence-corrected chi connectivity index (χ3v) is 6.96. The van der Waals surface area contributed by atoms with Crippen LogP contribution in [-0.2, 0) is 20.9 Å². The summed E-state index contributed by atoms with van der Waals surface area (Å²) in [6, 6.07) is 5.76. The van der Waals surface area contributed by atoms with Gasteiger partial charge in [-0.25, -0.2) is 0 Å². The smallest absolute Gasteiger partial charge is 0.325 e. The van der Waals surface area contributed by atoms with Crippen molar-refractivity contribution in [1.82, 2.24) is 5.32 Å². The summed E-state index contributed by atoms with van der Waals surface area (Å²) in [4.78, 5) is 24.6. The van der Waals surface area contributed by atoms with E-state index in [9.17, 15) is 9.59 Å². The summed E-state index contributed by atoms with van der Waals surface area (Å²) in [5.74, 6) is 2.76. The van der Waals surface area contributed by atoms with Crippen LogP contribution in [0, 0.1) is 30.1 Å². The van der Waals surface area contributed by atoms with E-state index in [2.05, 4.69) is 5.32 Å². The standard InChI is InChI=1S/C23H31NO4/c1-15-3-4-20(27-2)19(5-15)14-28-22(26)13-24-21(25)12-23-9-16-6-17(10-23)8-18(7-16)11-23/h3-5,16-18H,6-14H2,1-2H3,(H,24,25). The van der Waals surface area contributed by atoms with Crippen molar-refractivity contribution in [3.8, 4) is 5.75 Å². The van der Waals surface area contributed by atoms with Gasteiger partial charge in [-0.2, -0.15) is 0 Å². The summed E-state index contributed by atoms with van der Waals surface area (Å²) < 4.78 is 10.6. The third-order valence-electron chi connectivity index (χ3n) is 6.96. The van der Waals surface area contributed by atoms with Gasteiger partial charge in [0.1, 0.15) is 18.9 Å². The van der Waals surface area contributed by atoms with E-state index in [1.807, 2.05) is 25.1 Å². The van der Waals surface area contributed by atoms with Crippen LogP contribution in [0.5, 0.6) is 5.75 Å². The van der Waals surface area contributed by atoms with Crippen LogP contribution in [0.4, 0.5) is 0 Å². The number of hydrogen-bond donors (Lipinski definition) is 1. The monoisotopic (exact) mass is 385 g/mol. The van der Waals surface area contributed by atoms with E-state index < -0.39 is 5.97 Å². The molecule has 5 nitrogen and oxygen atoms in total. The third kappa shape index (κ3) is 4.18. The lowest BCUT2D eigenvalue weighted by atomic mass is 9.49. The van der Waals surface area contributed by atoms with Crippen molar-refractivity contribution in [3.05, 3.63) is 29.3 Å². The Bertz CT molecular complexity index is 722.